The van der Waals surface area contributed by atoms with Gasteiger partial charge in [0.1, 0.15) is 0 Å². The molecule has 0 saturated heterocycles. The maximum atomic E-state index is 11.8. The van der Waals surface area contributed by atoms with E-state index in [-0.39, 0.29) is 18.9 Å². The molecule has 0 fully saturated rings. The zero-order chi connectivity index (χ0) is 21.0. The van der Waals surface area contributed by atoms with E-state index in [4.69, 9.17) is 0 Å². The molecule has 0 aromatic heterocycles. The van der Waals surface area contributed by atoms with E-state index in [0.29, 0.717) is 12.8 Å². The van der Waals surface area contributed by atoms with E-state index in [2.05, 4.69) is 12.2 Å². The highest BCUT2D eigenvalue weighted by atomic mass is 16.3. The Morgan fingerprint density at radius 3 is 1.68 bits per heavy atom. The van der Waals surface area contributed by atoms with Crippen molar-refractivity contribution in [2.45, 2.75) is 135 Å². The lowest BCUT2D eigenvalue weighted by Crippen LogP contribution is -2.45. The highest BCUT2D eigenvalue weighted by Gasteiger charge is 2.20. The summed E-state index contributed by atoms with van der Waals surface area (Å²) in [5, 5.41) is 31.5. The van der Waals surface area contributed by atoms with Crippen LogP contribution in [0, 0.1) is 0 Å². The fourth-order valence-corrected chi connectivity index (χ4v) is 3.45. The average Bonchev–Trinajstić information content (AvgIpc) is 2.67. The van der Waals surface area contributed by atoms with Crippen molar-refractivity contribution in [3.8, 4) is 0 Å². The molecule has 0 aromatic rings. The molecule has 0 bridgehead atoms. The topological polar surface area (TPSA) is 89.8 Å². The van der Waals surface area contributed by atoms with E-state index in [0.717, 1.165) is 12.8 Å². The number of aliphatic hydroxyl groups is 3. The zero-order valence-corrected chi connectivity index (χ0v) is 18.5. The van der Waals surface area contributed by atoms with Crippen LogP contribution in [0.3, 0.4) is 0 Å². The van der Waals surface area contributed by atoms with Crippen LogP contribution < -0.4 is 5.32 Å². The number of rotatable bonds is 20. The van der Waals surface area contributed by atoms with Gasteiger partial charge in [-0.15, -0.1) is 0 Å². The van der Waals surface area contributed by atoms with Gasteiger partial charge in [-0.3, -0.25) is 4.79 Å². The number of carbonyl (C=O) groups is 1. The summed E-state index contributed by atoms with van der Waals surface area (Å²) in [6.45, 7) is 3.63. The van der Waals surface area contributed by atoms with Gasteiger partial charge in [0.2, 0.25) is 5.91 Å². The molecule has 0 aliphatic heterocycles. The number of hydrogen-bond acceptors (Lipinski definition) is 4. The number of nitrogens with one attached hydrogen (secondary N) is 1. The molecule has 0 heterocycles. The van der Waals surface area contributed by atoms with Gasteiger partial charge >= 0.3 is 0 Å². The summed E-state index contributed by atoms with van der Waals surface area (Å²) in [7, 11) is 0. The number of aliphatic hydroxyl groups excluding tert-OH is 3. The fraction of sp³-hybridized carbons (Fsp3) is 0.957. The summed E-state index contributed by atoms with van der Waals surface area (Å²) in [6.07, 6.45) is 16.6. The third kappa shape index (κ3) is 17.4. The lowest BCUT2D eigenvalue weighted by molar-refractivity contribution is -0.123. The number of unbranched alkanes of at least 4 members (excludes halogenated alkanes) is 12. The van der Waals surface area contributed by atoms with Gasteiger partial charge in [0, 0.05) is 6.42 Å². The third-order valence-electron chi connectivity index (χ3n) is 5.40. The largest absolute Gasteiger partial charge is 0.394 e. The molecule has 28 heavy (non-hydrogen) atoms. The Morgan fingerprint density at radius 1 is 0.786 bits per heavy atom. The smallest absolute Gasteiger partial charge is 0.220 e. The van der Waals surface area contributed by atoms with Gasteiger partial charge in [0.05, 0.1) is 24.9 Å². The van der Waals surface area contributed by atoms with Crippen LogP contribution in [0.1, 0.15) is 117 Å². The fourth-order valence-electron chi connectivity index (χ4n) is 3.45. The Labute approximate surface area is 173 Å². The Kier molecular flexibility index (Phi) is 19.2. The molecule has 3 unspecified atom stereocenters. The van der Waals surface area contributed by atoms with Gasteiger partial charge in [-0.25, -0.2) is 0 Å². The summed E-state index contributed by atoms with van der Waals surface area (Å²) in [6, 6.07) is -0.612. The van der Waals surface area contributed by atoms with E-state index in [1.54, 1.807) is 6.92 Å². The third-order valence-corrected chi connectivity index (χ3v) is 5.40. The second-order valence-corrected chi connectivity index (χ2v) is 8.34. The second kappa shape index (κ2) is 19.7. The van der Waals surface area contributed by atoms with Crippen molar-refractivity contribution < 1.29 is 20.1 Å². The van der Waals surface area contributed by atoms with Crippen molar-refractivity contribution >= 4 is 5.91 Å². The van der Waals surface area contributed by atoms with E-state index >= 15 is 0 Å². The summed E-state index contributed by atoms with van der Waals surface area (Å²) in [4.78, 5) is 11.8. The van der Waals surface area contributed by atoms with Gasteiger partial charge < -0.3 is 20.6 Å². The van der Waals surface area contributed by atoms with E-state index < -0.39 is 18.2 Å². The Hall–Kier alpha value is -0.650. The number of hydrogen-bond donors (Lipinski definition) is 4. The molecule has 0 aliphatic rings. The van der Waals surface area contributed by atoms with Crippen LogP contribution in [0.25, 0.3) is 0 Å². The number of amides is 1. The molecule has 0 radical (unpaired) electrons. The first-order chi connectivity index (χ1) is 13.5. The van der Waals surface area contributed by atoms with Crippen molar-refractivity contribution in [2.24, 2.45) is 0 Å². The van der Waals surface area contributed by atoms with Crippen LogP contribution in [0.4, 0.5) is 0 Å². The Morgan fingerprint density at radius 2 is 1.25 bits per heavy atom. The molecule has 168 valence electrons. The van der Waals surface area contributed by atoms with Gasteiger partial charge in [-0.05, 0) is 19.8 Å². The average molecular weight is 402 g/mol. The summed E-state index contributed by atoms with van der Waals surface area (Å²) < 4.78 is 0. The van der Waals surface area contributed by atoms with Crippen molar-refractivity contribution in [1.29, 1.82) is 0 Å². The molecule has 0 aliphatic carbocycles. The van der Waals surface area contributed by atoms with E-state index in [1.165, 1.54) is 70.6 Å². The van der Waals surface area contributed by atoms with Gasteiger partial charge in [0.25, 0.3) is 0 Å². The molecule has 3 atom stereocenters. The van der Waals surface area contributed by atoms with Crippen molar-refractivity contribution in [3.63, 3.8) is 0 Å². The number of carbonyl (C=O) groups excluding carboxylic acids is 1. The highest BCUT2D eigenvalue weighted by molar-refractivity contribution is 5.76. The standard InChI is InChI=1S/C23H47NO4/c1-3-4-5-6-7-8-9-10-11-12-13-14-15-16-22(27)21(19-25)24-23(28)18-17-20(2)26/h20-22,25-27H,3-19H2,1-2H3,(H,24,28). The SMILES string of the molecule is CCCCCCCCCCCCCCCC(O)C(CO)NC(=O)CCC(C)O. The molecule has 0 rings (SSSR count). The highest BCUT2D eigenvalue weighted by Crippen LogP contribution is 2.14. The first kappa shape index (κ1) is 27.4. The second-order valence-electron chi connectivity index (χ2n) is 8.34. The molecular formula is C23H47NO4. The monoisotopic (exact) mass is 401 g/mol. The van der Waals surface area contributed by atoms with Crippen molar-refractivity contribution in [1.82, 2.24) is 5.32 Å². The lowest BCUT2D eigenvalue weighted by atomic mass is 10.0. The molecule has 5 heteroatoms. The van der Waals surface area contributed by atoms with Gasteiger partial charge in [-0.1, -0.05) is 90.4 Å². The van der Waals surface area contributed by atoms with Crippen LogP contribution in [-0.2, 0) is 4.79 Å². The predicted octanol–water partition coefficient (Wildman–Crippen LogP) is 4.47. The quantitative estimate of drug-likeness (QED) is 0.227. The maximum absolute atomic E-state index is 11.8. The summed E-state index contributed by atoms with van der Waals surface area (Å²) >= 11 is 0. The lowest BCUT2D eigenvalue weighted by Gasteiger charge is -2.22. The van der Waals surface area contributed by atoms with Crippen LogP contribution in [0.15, 0.2) is 0 Å². The molecule has 5 nitrogen and oxygen atoms in total. The molecule has 4 N–H and O–H groups in total. The first-order valence-electron chi connectivity index (χ1n) is 11.8. The van der Waals surface area contributed by atoms with E-state index in [1.807, 2.05) is 0 Å². The van der Waals surface area contributed by atoms with E-state index in [9.17, 15) is 20.1 Å². The van der Waals surface area contributed by atoms with Crippen LogP contribution in [0.2, 0.25) is 0 Å². The minimum Gasteiger partial charge on any atom is -0.394 e. The summed E-state index contributed by atoms with van der Waals surface area (Å²) in [5.41, 5.74) is 0. The summed E-state index contributed by atoms with van der Waals surface area (Å²) in [5.74, 6) is -0.232. The zero-order valence-electron chi connectivity index (χ0n) is 18.5. The molecule has 0 saturated carbocycles. The predicted molar refractivity (Wildman–Crippen MR) is 116 cm³/mol. The minimum absolute atomic E-state index is 0.208. The Bertz CT molecular complexity index is 349. The molecule has 0 aromatic carbocycles. The molecular weight excluding hydrogens is 354 g/mol. The maximum Gasteiger partial charge on any atom is 0.220 e. The normalized spacial score (nSPS) is 14.6. The van der Waals surface area contributed by atoms with Crippen molar-refractivity contribution in [3.05, 3.63) is 0 Å². The van der Waals surface area contributed by atoms with Crippen LogP contribution in [0.5, 0.6) is 0 Å². The van der Waals surface area contributed by atoms with Gasteiger partial charge in [0.15, 0.2) is 0 Å². The first-order valence-corrected chi connectivity index (χ1v) is 11.8. The minimum atomic E-state index is -0.715. The van der Waals surface area contributed by atoms with Crippen LogP contribution in [-0.4, -0.2) is 46.1 Å². The molecule has 1 amide bonds. The molecule has 0 spiro atoms. The van der Waals surface area contributed by atoms with Crippen LogP contribution >= 0.6 is 0 Å². The Balaban J connectivity index is 3.56. The van der Waals surface area contributed by atoms with Gasteiger partial charge in [-0.2, -0.15) is 0 Å². The van der Waals surface area contributed by atoms with Crippen molar-refractivity contribution in [2.75, 3.05) is 6.61 Å².